The van der Waals surface area contributed by atoms with Crippen LogP contribution in [0.3, 0.4) is 0 Å². The van der Waals surface area contributed by atoms with Crippen molar-refractivity contribution in [1.29, 1.82) is 0 Å². The SMILES string of the molecule is CC(C)OC[C@@H](O)CN1CCN(Cc2ccccn2)CC1. The normalized spacial score (nSPS) is 19.0. The Balaban J connectivity index is 1.66. The number of aromatic nitrogens is 1. The predicted octanol–water partition coefficient (Wildman–Crippen LogP) is 0.985. The molecule has 0 amide bonds. The van der Waals surface area contributed by atoms with E-state index in [1.54, 1.807) is 0 Å². The fourth-order valence-electron chi connectivity index (χ4n) is 2.51. The van der Waals surface area contributed by atoms with E-state index in [0.717, 1.165) is 38.4 Å². The van der Waals surface area contributed by atoms with E-state index in [4.69, 9.17) is 4.74 Å². The smallest absolute Gasteiger partial charge is 0.0900 e. The molecule has 0 saturated carbocycles. The molecule has 1 saturated heterocycles. The predicted molar refractivity (Wildman–Crippen MR) is 83.0 cm³/mol. The lowest BCUT2D eigenvalue weighted by atomic mass is 10.2. The maximum atomic E-state index is 9.96. The minimum absolute atomic E-state index is 0.176. The van der Waals surface area contributed by atoms with Gasteiger partial charge < -0.3 is 9.84 Å². The molecule has 5 heteroatoms. The summed E-state index contributed by atoms with van der Waals surface area (Å²) in [5.74, 6) is 0. The second-order valence-corrected chi connectivity index (χ2v) is 5.93. The molecule has 118 valence electrons. The molecule has 0 aliphatic carbocycles. The van der Waals surface area contributed by atoms with Crippen molar-refractivity contribution in [1.82, 2.24) is 14.8 Å². The number of piperazine rings is 1. The van der Waals surface area contributed by atoms with Gasteiger partial charge in [-0.2, -0.15) is 0 Å². The highest BCUT2D eigenvalue weighted by Crippen LogP contribution is 2.07. The van der Waals surface area contributed by atoms with Crippen LogP contribution in [0.2, 0.25) is 0 Å². The van der Waals surface area contributed by atoms with Crippen LogP contribution in [0.1, 0.15) is 19.5 Å². The van der Waals surface area contributed by atoms with Gasteiger partial charge in [0.1, 0.15) is 0 Å². The first-order valence-corrected chi connectivity index (χ1v) is 7.78. The largest absolute Gasteiger partial charge is 0.389 e. The van der Waals surface area contributed by atoms with Crippen LogP contribution in [0.5, 0.6) is 0 Å². The molecule has 1 fully saturated rings. The van der Waals surface area contributed by atoms with Gasteiger partial charge in [-0.05, 0) is 26.0 Å². The Hall–Kier alpha value is -1.01. The first-order valence-electron chi connectivity index (χ1n) is 7.78. The van der Waals surface area contributed by atoms with Gasteiger partial charge in [-0.15, -0.1) is 0 Å². The zero-order valence-electron chi connectivity index (χ0n) is 13.1. The van der Waals surface area contributed by atoms with Gasteiger partial charge in [0.15, 0.2) is 0 Å². The van der Waals surface area contributed by atoms with Crippen molar-refractivity contribution >= 4 is 0 Å². The van der Waals surface area contributed by atoms with Crippen LogP contribution in [0.4, 0.5) is 0 Å². The van der Waals surface area contributed by atoms with Gasteiger partial charge in [-0.25, -0.2) is 0 Å². The number of aliphatic hydroxyl groups excluding tert-OH is 1. The fourth-order valence-corrected chi connectivity index (χ4v) is 2.51. The summed E-state index contributed by atoms with van der Waals surface area (Å²) in [5.41, 5.74) is 1.12. The van der Waals surface area contributed by atoms with Crippen molar-refractivity contribution in [2.45, 2.75) is 32.6 Å². The Labute approximate surface area is 127 Å². The van der Waals surface area contributed by atoms with Gasteiger partial charge in [-0.1, -0.05) is 6.07 Å². The van der Waals surface area contributed by atoms with Crippen LogP contribution in [0, 0.1) is 0 Å². The van der Waals surface area contributed by atoms with E-state index in [1.807, 2.05) is 32.2 Å². The van der Waals surface area contributed by atoms with Gasteiger partial charge in [0.2, 0.25) is 0 Å². The third-order valence-corrected chi connectivity index (χ3v) is 3.67. The number of aliphatic hydroxyl groups is 1. The van der Waals surface area contributed by atoms with Crippen LogP contribution in [-0.4, -0.2) is 71.4 Å². The van der Waals surface area contributed by atoms with E-state index in [-0.39, 0.29) is 6.10 Å². The summed E-state index contributed by atoms with van der Waals surface area (Å²) in [6.07, 6.45) is 1.63. The molecular weight excluding hydrogens is 266 g/mol. The highest BCUT2D eigenvalue weighted by molar-refractivity contribution is 5.03. The second-order valence-electron chi connectivity index (χ2n) is 5.93. The van der Waals surface area contributed by atoms with Crippen molar-refractivity contribution < 1.29 is 9.84 Å². The van der Waals surface area contributed by atoms with Crippen LogP contribution in [-0.2, 0) is 11.3 Å². The number of β-amino-alcohol motifs (C(OH)–C–C–N with tert-alkyl or cyclic N) is 1. The Morgan fingerprint density at radius 2 is 1.90 bits per heavy atom. The molecule has 5 nitrogen and oxygen atoms in total. The molecule has 2 rings (SSSR count). The van der Waals surface area contributed by atoms with Gasteiger partial charge >= 0.3 is 0 Å². The summed E-state index contributed by atoms with van der Waals surface area (Å²) in [4.78, 5) is 9.09. The number of pyridine rings is 1. The third-order valence-electron chi connectivity index (χ3n) is 3.67. The number of hydrogen-bond donors (Lipinski definition) is 1. The summed E-state index contributed by atoms with van der Waals surface area (Å²) < 4.78 is 5.45. The Morgan fingerprint density at radius 1 is 1.19 bits per heavy atom. The molecular formula is C16H27N3O2. The maximum Gasteiger partial charge on any atom is 0.0900 e. The van der Waals surface area contributed by atoms with Crippen LogP contribution < -0.4 is 0 Å². The van der Waals surface area contributed by atoms with Crippen LogP contribution in [0.15, 0.2) is 24.4 Å². The van der Waals surface area contributed by atoms with E-state index in [0.29, 0.717) is 13.2 Å². The average Bonchev–Trinajstić information content (AvgIpc) is 2.48. The van der Waals surface area contributed by atoms with Gasteiger partial charge in [0, 0.05) is 45.5 Å². The minimum Gasteiger partial charge on any atom is -0.389 e. The van der Waals surface area contributed by atoms with E-state index < -0.39 is 6.10 Å². The molecule has 1 aliphatic heterocycles. The van der Waals surface area contributed by atoms with E-state index in [2.05, 4.69) is 20.9 Å². The molecule has 2 heterocycles. The summed E-state index contributed by atoms with van der Waals surface area (Å²) >= 11 is 0. The molecule has 1 atom stereocenters. The molecule has 1 aromatic heterocycles. The third kappa shape index (κ3) is 6.09. The highest BCUT2D eigenvalue weighted by Gasteiger charge is 2.19. The molecule has 1 aliphatic rings. The average molecular weight is 293 g/mol. The topological polar surface area (TPSA) is 48.8 Å². The van der Waals surface area contributed by atoms with Crippen molar-refractivity contribution in [3.8, 4) is 0 Å². The van der Waals surface area contributed by atoms with E-state index in [1.165, 1.54) is 0 Å². The van der Waals surface area contributed by atoms with Crippen molar-refractivity contribution in [3.63, 3.8) is 0 Å². The summed E-state index contributed by atoms with van der Waals surface area (Å²) in [6, 6.07) is 6.05. The standard InChI is InChI=1S/C16H27N3O2/c1-14(2)21-13-16(20)12-19-9-7-18(8-10-19)11-15-5-3-4-6-17-15/h3-6,14,16,20H,7-13H2,1-2H3/t16-/m0/s1. The molecule has 1 aromatic rings. The van der Waals surface area contributed by atoms with Gasteiger partial charge in [-0.3, -0.25) is 14.8 Å². The summed E-state index contributed by atoms with van der Waals surface area (Å²) in [6.45, 7) is 10.0. The Kier molecular flexibility index (Phi) is 6.57. The summed E-state index contributed by atoms with van der Waals surface area (Å²) in [5, 5.41) is 9.96. The van der Waals surface area contributed by atoms with E-state index in [9.17, 15) is 5.11 Å². The first kappa shape index (κ1) is 16.4. The Morgan fingerprint density at radius 3 is 2.52 bits per heavy atom. The molecule has 0 spiro atoms. The maximum absolute atomic E-state index is 9.96. The zero-order valence-corrected chi connectivity index (χ0v) is 13.1. The molecule has 0 aromatic carbocycles. The molecule has 0 radical (unpaired) electrons. The lowest BCUT2D eigenvalue weighted by Gasteiger charge is -2.35. The lowest BCUT2D eigenvalue weighted by molar-refractivity contribution is -0.0149. The first-order chi connectivity index (χ1) is 10.1. The fraction of sp³-hybridized carbons (Fsp3) is 0.688. The molecule has 1 N–H and O–H groups in total. The van der Waals surface area contributed by atoms with Crippen molar-refractivity contribution in [3.05, 3.63) is 30.1 Å². The second kappa shape index (κ2) is 8.44. The summed E-state index contributed by atoms with van der Waals surface area (Å²) in [7, 11) is 0. The molecule has 0 bridgehead atoms. The number of nitrogens with zero attached hydrogens (tertiary/aromatic N) is 3. The quantitative estimate of drug-likeness (QED) is 0.812. The Bertz CT molecular complexity index is 392. The van der Waals surface area contributed by atoms with Crippen LogP contribution >= 0.6 is 0 Å². The number of hydrogen-bond acceptors (Lipinski definition) is 5. The van der Waals surface area contributed by atoms with Crippen molar-refractivity contribution in [2.75, 3.05) is 39.3 Å². The van der Waals surface area contributed by atoms with Gasteiger partial charge in [0.25, 0.3) is 0 Å². The zero-order chi connectivity index (χ0) is 15.1. The monoisotopic (exact) mass is 293 g/mol. The number of rotatable bonds is 7. The lowest BCUT2D eigenvalue weighted by Crippen LogP contribution is -2.48. The van der Waals surface area contributed by atoms with Crippen molar-refractivity contribution in [2.24, 2.45) is 0 Å². The highest BCUT2D eigenvalue weighted by atomic mass is 16.5. The van der Waals surface area contributed by atoms with E-state index >= 15 is 0 Å². The number of ether oxygens (including phenoxy) is 1. The van der Waals surface area contributed by atoms with Crippen LogP contribution in [0.25, 0.3) is 0 Å². The minimum atomic E-state index is -0.394. The molecule has 0 unspecified atom stereocenters. The molecule has 21 heavy (non-hydrogen) atoms. The van der Waals surface area contributed by atoms with Gasteiger partial charge in [0.05, 0.1) is 24.5 Å².